The maximum Gasteiger partial charge on any atom is 0.320 e. The number of rotatable bonds is 1. The normalized spacial score (nSPS) is 16.5. The summed E-state index contributed by atoms with van der Waals surface area (Å²) >= 11 is 0. The molecule has 2 aromatic rings. The zero-order valence-electron chi connectivity index (χ0n) is 15.2. The van der Waals surface area contributed by atoms with Gasteiger partial charge in [-0.2, -0.15) is 10.4 Å². The molecule has 0 radical (unpaired) electrons. The lowest BCUT2D eigenvalue weighted by molar-refractivity contribution is 0.144. The van der Waals surface area contributed by atoms with Crippen LogP contribution in [0.2, 0.25) is 0 Å². The summed E-state index contributed by atoms with van der Waals surface area (Å²) in [5.74, 6) is -1.91. The van der Waals surface area contributed by atoms with E-state index in [0.29, 0.717) is 50.2 Å². The van der Waals surface area contributed by atoms with Gasteiger partial charge in [-0.3, -0.25) is 5.10 Å². The van der Waals surface area contributed by atoms with E-state index in [2.05, 4.69) is 16.3 Å². The van der Waals surface area contributed by atoms with Crippen LogP contribution in [0, 0.1) is 23.0 Å². The summed E-state index contributed by atoms with van der Waals surface area (Å²) in [5, 5.41) is 16.5. The van der Waals surface area contributed by atoms with E-state index in [0.717, 1.165) is 35.4 Å². The Morgan fingerprint density at radius 1 is 1.11 bits per heavy atom. The van der Waals surface area contributed by atoms with Crippen LogP contribution in [0.3, 0.4) is 0 Å². The van der Waals surface area contributed by atoms with Crippen molar-refractivity contribution in [2.75, 3.05) is 19.6 Å². The van der Waals surface area contributed by atoms with Crippen molar-refractivity contribution in [2.24, 2.45) is 0 Å². The van der Waals surface area contributed by atoms with Gasteiger partial charge in [0.15, 0.2) is 11.6 Å². The highest BCUT2D eigenvalue weighted by molar-refractivity contribution is 5.80. The molecule has 6 nitrogen and oxygen atoms in total. The number of nitrogens with one attached hydrogen (secondary N) is 1. The number of urea groups is 1. The first-order chi connectivity index (χ1) is 13.6. The fourth-order valence-corrected chi connectivity index (χ4v) is 3.80. The Hall–Kier alpha value is -3.21. The Labute approximate surface area is 161 Å². The van der Waals surface area contributed by atoms with Crippen molar-refractivity contribution in [1.82, 2.24) is 20.0 Å². The number of carbonyl (C=O) groups excluding carboxylic acids is 1. The Bertz CT molecular complexity index is 981. The third-order valence-corrected chi connectivity index (χ3v) is 5.38. The topological polar surface area (TPSA) is 76.0 Å². The van der Waals surface area contributed by atoms with Crippen LogP contribution < -0.4 is 0 Å². The summed E-state index contributed by atoms with van der Waals surface area (Å²) < 4.78 is 26.7. The second-order valence-corrected chi connectivity index (χ2v) is 7.03. The van der Waals surface area contributed by atoms with Crippen LogP contribution >= 0.6 is 0 Å². The van der Waals surface area contributed by atoms with Crippen LogP contribution in [-0.2, 0) is 13.0 Å². The van der Waals surface area contributed by atoms with Crippen LogP contribution in [0.15, 0.2) is 30.0 Å². The lowest BCUT2D eigenvalue weighted by Crippen LogP contribution is -2.47. The van der Waals surface area contributed by atoms with Crippen molar-refractivity contribution >= 4 is 11.6 Å². The number of aromatic amines is 1. The number of hydrogen-bond donors (Lipinski definition) is 1. The van der Waals surface area contributed by atoms with Crippen LogP contribution in [0.1, 0.15) is 29.7 Å². The molecule has 1 aromatic heterocycles. The molecule has 2 aliphatic rings. The smallest absolute Gasteiger partial charge is 0.320 e. The summed E-state index contributed by atoms with van der Waals surface area (Å²) in [7, 11) is 0. The predicted octanol–water partition coefficient (Wildman–Crippen LogP) is 3.24. The van der Waals surface area contributed by atoms with E-state index in [1.54, 1.807) is 11.1 Å². The molecule has 3 heterocycles. The molecule has 0 spiro atoms. The Morgan fingerprint density at radius 3 is 2.57 bits per heavy atom. The van der Waals surface area contributed by atoms with Crippen LogP contribution in [0.5, 0.6) is 0 Å². The molecule has 0 atom stereocenters. The van der Waals surface area contributed by atoms with Crippen LogP contribution in [0.4, 0.5) is 13.6 Å². The van der Waals surface area contributed by atoms with E-state index >= 15 is 0 Å². The summed E-state index contributed by atoms with van der Waals surface area (Å²) in [6.07, 6.45) is 3.60. The lowest BCUT2D eigenvalue weighted by Gasteiger charge is -2.35. The molecular formula is C20H19F2N5O. The van der Waals surface area contributed by atoms with Crippen molar-refractivity contribution in [3.8, 4) is 6.07 Å². The van der Waals surface area contributed by atoms with Gasteiger partial charge in [0, 0.05) is 37.3 Å². The molecule has 2 amide bonds. The minimum Gasteiger partial charge on any atom is -0.324 e. The number of amides is 2. The maximum absolute atomic E-state index is 13.5. The number of allylic oxidation sites excluding steroid dienone is 1. The number of nitrogens with zero attached hydrogens (tertiary/aromatic N) is 4. The van der Waals surface area contributed by atoms with Gasteiger partial charge in [-0.1, -0.05) is 6.07 Å². The first-order valence-electron chi connectivity index (χ1n) is 9.19. The highest BCUT2D eigenvalue weighted by Crippen LogP contribution is 2.28. The second kappa shape index (κ2) is 7.43. The largest absolute Gasteiger partial charge is 0.324 e. The number of aromatic nitrogens is 2. The average Bonchev–Trinajstić information content (AvgIpc) is 3.19. The first-order valence-corrected chi connectivity index (χ1v) is 9.19. The van der Waals surface area contributed by atoms with Gasteiger partial charge in [-0.05, 0) is 36.1 Å². The Kier molecular flexibility index (Phi) is 4.82. The molecule has 4 rings (SSSR count). The molecule has 1 N–H and O–H groups in total. The SMILES string of the molecule is N#CC(=C1CCN(C(=O)N2CCc3[nH]ncc3C2)CC1)c1ccc(F)c(F)c1. The predicted molar refractivity (Wildman–Crippen MR) is 97.8 cm³/mol. The van der Waals surface area contributed by atoms with E-state index < -0.39 is 11.6 Å². The van der Waals surface area contributed by atoms with E-state index in [1.165, 1.54) is 6.07 Å². The minimum atomic E-state index is -0.970. The summed E-state index contributed by atoms with van der Waals surface area (Å²) in [6.45, 7) is 2.18. The molecule has 1 fully saturated rings. The number of piperidine rings is 1. The summed E-state index contributed by atoms with van der Waals surface area (Å²) in [4.78, 5) is 16.4. The Morgan fingerprint density at radius 2 is 1.86 bits per heavy atom. The molecular weight excluding hydrogens is 364 g/mol. The van der Waals surface area contributed by atoms with Gasteiger partial charge in [-0.25, -0.2) is 13.6 Å². The van der Waals surface area contributed by atoms with Gasteiger partial charge in [0.25, 0.3) is 0 Å². The number of carbonyl (C=O) groups is 1. The third-order valence-electron chi connectivity index (χ3n) is 5.38. The monoisotopic (exact) mass is 383 g/mol. The Balaban J connectivity index is 1.45. The van der Waals surface area contributed by atoms with Crippen molar-refractivity contribution in [2.45, 2.75) is 25.8 Å². The van der Waals surface area contributed by atoms with Crippen molar-refractivity contribution in [3.63, 3.8) is 0 Å². The number of nitriles is 1. The molecule has 2 aliphatic heterocycles. The van der Waals surface area contributed by atoms with Crippen molar-refractivity contribution in [3.05, 3.63) is 58.4 Å². The minimum absolute atomic E-state index is 0.0164. The zero-order chi connectivity index (χ0) is 19.7. The highest BCUT2D eigenvalue weighted by atomic mass is 19.2. The number of benzene rings is 1. The lowest BCUT2D eigenvalue weighted by atomic mass is 9.94. The molecule has 0 unspecified atom stereocenters. The average molecular weight is 383 g/mol. The standard InChI is InChI=1S/C20H19F2N5O/c21-17-2-1-14(9-18(17)22)16(10-23)13-3-6-26(7-4-13)20(28)27-8-5-19-15(12-27)11-24-25-19/h1-2,9,11H,3-8,12H2,(H,24,25). The van der Waals surface area contributed by atoms with Gasteiger partial charge in [0.1, 0.15) is 0 Å². The summed E-state index contributed by atoms with van der Waals surface area (Å²) in [6, 6.07) is 5.59. The molecule has 1 saturated heterocycles. The zero-order valence-corrected chi connectivity index (χ0v) is 15.2. The third kappa shape index (κ3) is 3.36. The van der Waals surface area contributed by atoms with E-state index in [4.69, 9.17) is 0 Å². The molecule has 0 saturated carbocycles. The number of H-pyrrole nitrogens is 1. The van der Waals surface area contributed by atoms with Gasteiger partial charge in [0.05, 0.1) is 24.4 Å². The second-order valence-electron chi connectivity index (χ2n) is 7.03. The van der Waals surface area contributed by atoms with Crippen LogP contribution in [-0.4, -0.2) is 45.7 Å². The van der Waals surface area contributed by atoms with Gasteiger partial charge < -0.3 is 9.80 Å². The molecule has 0 aliphatic carbocycles. The fraction of sp³-hybridized carbons (Fsp3) is 0.350. The van der Waals surface area contributed by atoms with Crippen molar-refractivity contribution in [1.29, 1.82) is 5.26 Å². The maximum atomic E-state index is 13.5. The summed E-state index contributed by atoms with van der Waals surface area (Å²) in [5.41, 5.74) is 3.74. The number of hydrogen-bond acceptors (Lipinski definition) is 3. The fourth-order valence-electron chi connectivity index (χ4n) is 3.80. The van der Waals surface area contributed by atoms with Gasteiger partial charge in [0.2, 0.25) is 0 Å². The molecule has 28 heavy (non-hydrogen) atoms. The van der Waals surface area contributed by atoms with Gasteiger partial charge in [-0.15, -0.1) is 0 Å². The van der Waals surface area contributed by atoms with Crippen molar-refractivity contribution < 1.29 is 13.6 Å². The van der Waals surface area contributed by atoms with E-state index in [9.17, 15) is 18.8 Å². The molecule has 144 valence electrons. The van der Waals surface area contributed by atoms with E-state index in [-0.39, 0.29) is 6.03 Å². The number of likely N-dealkylation sites (tertiary alicyclic amines) is 1. The van der Waals surface area contributed by atoms with E-state index in [1.807, 2.05) is 4.90 Å². The highest BCUT2D eigenvalue weighted by Gasteiger charge is 2.28. The van der Waals surface area contributed by atoms with Crippen LogP contribution in [0.25, 0.3) is 5.57 Å². The first kappa shape index (κ1) is 18.2. The quantitative estimate of drug-likeness (QED) is 0.768. The molecule has 8 heteroatoms. The number of halogens is 2. The number of fused-ring (bicyclic) bond motifs is 1. The van der Waals surface area contributed by atoms with Gasteiger partial charge >= 0.3 is 6.03 Å². The molecule has 0 bridgehead atoms. The molecule has 1 aromatic carbocycles.